The first-order valence-corrected chi connectivity index (χ1v) is 9.77. The molecule has 11 heteroatoms. The Morgan fingerprint density at radius 1 is 1.23 bits per heavy atom. The van der Waals surface area contributed by atoms with Gasteiger partial charge in [-0.05, 0) is 31.2 Å². The van der Waals surface area contributed by atoms with Gasteiger partial charge in [-0.3, -0.25) is 5.43 Å². The number of ether oxygens (including phenoxy) is 3. The molecule has 1 aliphatic rings. The first-order valence-electron chi connectivity index (χ1n) is 9.77. The molecule has 170 valence electrons. The summed E-state index contributed by atoms with van der Waals surface area (Å²) in [5, 5.41) is 19.6. The third kappa shape index (κ3) is 7.79. The molecular formula is C20H27N3O8. The van der Waals surface area contributed by atoms with Gasteiger partial charge in [0.15, 0.2) is 6.10 Å². The number of urea groups is 1. The quantitative estimate of drug-likeness (QED) is 0.223. The maximum Gasteiger partial charge on any atom is 0.332 e. The van der Waals surface area contributed by atoms with E-state index >= 15 is 0 Å². The highest BCUT2D eigenvalue weighted by Crippen LogP contribution is 2.20. The zero-order chi connectivity index (χ0) is 22.8. The summed E-state index contributed by atoms with van der Waals surface area (Å²) in [5.74, 6) is -1.74. The highest BCUT2D eigenvalue weighted by Gasteiger charge is 2.31. The molecule has 0 aliphatic carbocycles. The minimum atomic E-state index is -1.28. The molecular weight excluding hydrogens is 410 g/mol. The van der Waals surface area contributed by atoms with Gasteiger partial charge in [0, 0.05) is 31.8 Å². The van der Waals surface area contributed by atoms with Crippen LogP contribution in [0.5, 0.6) is 11.5 Å². The highest BCUT2D eigenvalue weighted by molar-refractivity contribution is 5.90. The second-order valence-corrected chi connectivity index (χ2v) is 6.62. The van der Waals surface area contributed by atoms with Crippen molar-refractivity contribution in [3.05, 3.63) is 36.4 Å². The maximum absolute atomic E-state index is 12.6. The van der Waals surface area contributed by atoms with E-state index < -0.39 is 24.3 Å². The Labute approximate surface area is 179 Å². The van der Waals surface area contributed by atoms with Crippen molar-refractivity contribution >= 4 is 18.0 Å². The zero-order valence-corrected chi connectivity index (χ0v) is 17.4. The van der Waals surface area contributed by atoms with Crippen LogP contribution in [0.25, 0.3) is 0 Å². The van der Waals surface area contributed by atoms with Gasteiger partial charge >= 0.3 is 18.0 Å². The lowest BCUT2D eigenvalue weighted by Gasteiger charge is -2.36. The van der Waals surface area contributed by atoms with Crippen molar-refractivity contribution in [1.82, 2.24) is 15.3 Å². The number of carbonyl (C=O) groups excluding carboxylic acids is 2. The van der Waals surface area contributed by atoms with Crippen molar-refractivity contribution in [2.75, 3.05) is 32.8 Å². The molecule has 3 N–H and O–H groups in total. The number of benzene rings is 1. The number of rotatable bonds is 9. The number of phenolic OH excluding ortho intramolecular Hbond substituents is 1. The number of esters is 1. The SMILES string of the molecule is CCN(NC(=O)N1CCOCC1)C(Oc1ccc(O)cc1)C(C)OC(=O)/C=C/C(=O)O. The van der Waals surface area contributed by atoms with Gasteiger partial charge in [-0.25, -0.2) is 14.4 Å². The van der Waals surface area contributed by atoms with Gasteiger partial charge in [0.25, 0.3) is 0 Å². The number of carboxylic acids is 1. The monoisotopic (exact) mass is 437 g/mol. The van der Waals surface area contributed by atoms with Crippen LogP contribution in [0, 0.1) is 0 Å². The van der Waals surface area contributed by atoms with E-state index in [0.717, 1.165) is 6.08 Å². The highest BCUT2D eigenvalue weighted by atomic mass is 16.6. The number of nitrogens with one attached hydrogen (secondary N) is 1. The van der Waals surface area contributed by atoms with Crippen LogP contribution in [-0.2, 0) is 19.1 Å². The summed E-state index contributed by atoms with van der Waals surface area (Å²) in [6, 6.07) is 5.56. The van der Waals surface area contributed by atoms with Gasteiger partial charge < -0.3 is 29.3 Å². The number of hydrogen-bond donors (Lipinski definition) is 3. The topological polar surface area (TPSA) is 138 Å². The third-order valence-electron chi connectivity index (χ3n) is 4.34. The molecule has 2 amide bonds. The summed E-state index contributed by atoms with van der Waals surface area (Å²) >= 11 is 0. The van der Waals surface area contributed by atoms with Gasteiger partial charge in [0.05, 0.1) is 13.2 Å². The number of amides is 2. The van der Waals surface area contributed by atoms with Crippen LogP contribution in [-0.4, -0.2) is 83.3 Å². The van der Waals surface area contributed by atoms with Crippen LogP contribution in [0.4, 0.5) is 4.79 Å². The second-order valence-electron chi connectivity index (χ2n) is 6.62. The lowest BCUT2D eigenvalue weighted by atomic mass is 10.3. The Hall–Kier alpha value is -3.31. The van der Waals surface area contributed by atoms with Gasteiger partial charge in [-0.15, -0.1) is 0 Å². The van der Waals surface area contributed by atoms with Crippen LogP contribution in [0.3, 0.4) is 0 Å². The Morgan fingerprint density at radius 3 is 2.45 bits per heavy atom. The molecule has 0 spiro atoms. The molecule has 0 aromatic heterocycles. The molecule has 0 saturated carbocycles. The largest absolute Gasteiger partial charge is 0.508 e. The molecule has 1 saturated heterocycles. The summed E-state index contributed by atoms with van der Waals surface area (Å²) in [6.45, 7) is 5.42. The van der Waals surface area contributed by atoms with Gasteiger partial charge in [-0.1, -0.05) is 6.92 Å². The van der Waals surface area contributed by atoms with Crippen LogP contribution in [0.15, 0.2) is 36.4 Å². The molecule has 1 aromatic rings. The smallest absolute Gasteiger partial charge is 0.332 e. The minimum absolute atomic E-state index is 0.0511. The predicted molar refractivity (Wildman–Crippen MR) is 108 cm³/mol. The number of nitrogens with zero attached hydrogens (tertiary/aromatic N) is 2. The van der Waals surface area contributed by atoms with E-state index in [1.807, 2.05) is 0 Å². The van der Waals surface area contributed by atoms with E-state index in [0.29, 0.717) is 44.7 Å². The first-order chi connectivity index (χ1) is 14.8. The predicted octanol–water partition coefficient (Wildman–Crippen LogP) is 0.948. The van der Waals surface area contributed by atoms with E-state index in [9.17, 15) is 19.5 Å². The average molecular weight is 437 g/mol. The summed E-state index contributed by atoms with van der Waals surface area (Å²) in [6.07, 6.45) is -0.381. The molecule has 0 radical (unpaired) electrons. The Bertz CT molecular complexity index is 777. The molecule has 1 heterocycles. The molecule has 1 fully saturated rings. The van der Waals surface area contributed by atoms with Crippen molar-refractivity contribution < 1.29 is 38.8 Å². The summed E-state index contributed by atoms with van der Waals surface area (Å²) < 4.78 is 16.5. The molecule has 31 heavy (non-hydrogen) atoms. The Balaban J connectivity index is 2.16. The van der Waals surface area contributed by atoms with Crippen molar-refractivity contribution in [3.8, 4) is 11.5 Å². The normalized spacial score (nSPS) is 16.0. The molecule has 2 unspecified atom stereocenters. The minimum Gasteiger partial charge on any atom is -0.508 e. The van der Waals surface area contributed by atoms with Gasteiger partial charge in [0.2, 0.25) is 6.23 Å². The number of carboxylic acid groups (broad SMARTS) is 1. The number of morpholine rings is 1. The third-order valence-corrected chi connectivity index (χ3v) is 4.34. The summed E-state index contributed by atoms with van der Waals surface area (Å²) in [7, 11) is 0. The molecule has 1 aromatic carbocycles. The molecule has 11 nitrogen and oxygen atoms in total. The van der Waals surface area contributed by atoms with E-state index in [-0.39, 0.29) is 11.8 Å². The van der Waals surface area contributed by atoms with E-state index in [2.05, 4.69) is 5.43 Å². The zero-order valence-electron chi connectivity index (χ0n) is 17.4. The number of hydrogen-bond acceptors (Lipinski definition) is 8. The fourth-order valence-corrected chi connectivity index (χ4v) is 2.78. The van der Waals surface area contributed by atoms with Gasteiger partial charge in [0.1, 0.15) is 11.5 Å². The standard InChI is InChI=1S/C20H27N3O8/c1-3-23(21-20(28)22-10-12-29-13-11-22)19(31-16-6-4-15(24)5-7-16)14(2)30-18(27)9-8-17(25)26/h4-9,14,19,24H,3,10-13H2,1-2H3,(H,21,28)(H,25,26)/b9-8+. The van der Waals surface area contributed by atoms with E-state index in [4.69, 9.17) is 19.3 Å². The number of aliphatic carboxylic acids is 1. The van der Waals surface area contributed by atoms with Gasteiger partial charge in [-0.2, -0.15) is 5.01 Å². The number of phenols is 1. The fourth-order valence-electron chi connectivity index (χ4n) is 2.78. The molecule has 2 atom stereocenters. The Kier molecular flexibility index (Phi) is 9.10. The van der Waals surface area contributed by atoms with E-state index in [1.54, 1.807) is 18.7 Å². The van der Waals surface area contributed by atoms with Crippen LogP contribution < -0.4 is 10.2 Å². The van der Waals surface area contributed by atoms with Crippen molar-refractivity contribution in [2.24, 2.45) is 0 Å². The molecule has 0 bridgehead atoms. The van der Waals surface area contributed by atoms with Crippen molar-refractivity contribution in [2.45, 2.75) is 26.2 Å². The Morgan fingerprint density at radius 2 is 1.87 bits per heavy atom. The van der Waals surface area contributed by atoms with Crippen LogP contribution >= 0.6 is 0 Å². The van der Waals surface area contributed by atoms with Crippen LogP contribution in [0.2, 0.25) is 0 Å². The second kappa shape index (κ2) is 11.8. The van der Waals surface area contributed by atoms with Crippen molar-refractivity contribution in [1.29, 1.82) is 0 Å². The summed E-state index contributed by atoms with van der Waals surface area (Å²) in [5.41, 5.74) is 2.76. The fraction of sp³-hybridized carbons (Fsp3) is 0.450. The maximum atomic E-state index is 12.6. The number of carbonyl (C=O) groups is 3. The lowest BCUT2D eigenvalue weighted by molar-refractivity contribution is -0.156. The van der Waals surface area contributed by atoms with Crippen molar-refractivity contribution in [3.63, 3.8) is 0 Å². The van der Waals surface area contributed by atoms with E-state index in [1.165, 1.54) is 29.3 Å². The lowest BCUT2D eigenvalue weighted by Crippen LogP contribution is -2.59. The first kappa shape index (κ1) is 24.0. The average Bonchev–Trinajstić information content (AvgIpc) is 2.76. The number of likely N-dealkylation sites (N-methyl/N-ethyl adjacent to an activating group) is 1. The molecule has 2 rings (SSSR count). The number of aromatic hydroxyl groups is 1. The number of hydrazine groups is 1. The van der Waals surface area contributed by atoms with Crippen LogP contribution in [0.1, 0.15) is 13.8 Å². The summed E-state index contributed by atoms with van der Waals surface area (Å²) in [4.78, 5) is 36.8. The molecule has 1 aliphatic heterocycles.